The Morgan fingerprint density at radius 2 is 1.84 bits per heavy atom. The Labute approximate surface area is 155 Å². The van der Waals surface area contributed by atoms with Crippen LogP contribution in [0.3, 0.4) is 0 Å². The first kappa shape index (κ1) is 17.2. The third-order valence-corrected chi connectivity index (χ3v) is 4.12. The molecule has 0 aliphatic carbocycles. The highest BCUT2D eigenvalue weighted by molar-refractivity contribution is 9.10. The summed E-state index contributed by atoms with van der Waals surface area (Å²) in [7, 11) is 0. The minimum Gasteiger partial charge on any atom is -0.494 e. The fourth-order valence-corrected chi connectivity index (χ4v) is 2.87. The summed E-state index contributed by atoms with van der Waals surface area (Å²) in [6, 6.07) is 15.7. The number of hydrogen-bond acceptors (Lipinski definition) is 5. The average molecular weight is 399 g/mol. The number of nitrogens with one attached hydrogen (secondary N) is 2. The third-order valence-electron chi connectivity index (χ3n) is 3.46. The molecule has 6 heteroatoms. The summed E-state index contributed by atoms with van der Waals surface area (Å²) >= 11 is 3.56. The molecule has 0 bridgehead atoms. The van der Waals surface area contributed by atoms with Crippen molar-refractivity contribution in [3.63, 3.8) is 0 Å². The molecule has 0 radical (unpaired) electrons. The molecule has 3 aromatic rings. The maximum Gasteiger partial charge on any atom is 0.229 e. The molecule has 25 heavy (non-hydrogen) atoms. The van der Waals surface area contributed by atoms with Crippen LogP contribution in [0.15, 0.2) is 59.2 Å². The second kappa shape index (κ2) is 7.98. The molecule has 0 fully saturated rings. The molecule has 0 saturated carbocycles. The summed E-state index contributed by atoms with van der Waals surface area (Å²) in [6.07, 6.45) is 1.72. The van der Waals surface area contributed by atoms with E-state index in [1.54, 1.807) is 6.20 Å². The normalized spacial score (nSPS) is 10.4. The quantitative estimate of drug-likeness (QED) is 0.579. The predicted octanol–water partition coefficient (Wildman–Crippen LogP) is 5.43. The maximum atomic E-state index is 5.44. The molecule has 0 aliphatic heterocycles. The first-order chi connectivity index (χ1) is 12.1. The van der Waals surface area contributed by atoms with E-state index in [2.05, 4.69) is 49.5 Å². The van der Waals surface area contributed by atoms with Gasteiger partial charge in [0.2, 0.25) is 5.95 Å². The Hall–Kier alpha value is -2.60. The number of benzene rings is 2. The van der Waals surface area contributed by atoms with Gasteiger partial charge in [0.25, 0.3) is 0 Å². The van der Waals surface area contributed by atoms with Gasteiger partial charge < -0.3 is 15.4 Å². The van der Waals surface area contributed by atoms with Crippen molar-refractivity contribution in [3.8, 4) is 5.75 Å². The summed E-state index contributed by atoms with van der Waals surface area (Å²) in [5.41, 5.74) is 3.05. The molecule has 5 nitrogen and oxygen atoms in total. The molecule has 2 N–H and O–H groups in total. The van der Waals surface area contributed by atoms with E-state index in [1.807, 2.05) is 49.4 Å². The minimum absolute atomic E-state index is 0.525. The molecular weight excluding hydrogens is 380 g/mol. The van der Waals surface area contributed by atoms with Gasteiger partial charge in [-0.25, -0.2) is 4.98 Å². The van der Waals surface area contributed by atoms with Gasteiger partial charge in [0, 0.05) is 16.4 Å². The zero-order chi connectivity index (χ0) is 17.6. The van der Waals surface area contributed by atoms with Crippen molar-refractivity contribution in [2.45, 2.75) is 13.8 Å². The molecule has 1 heterocycles. The van der Waals surface area contributed by atoms with E-state index in [1.165, 1.54) is 5.56 Å². The van der Waals surface area contributed by atoms with Crippen LogP contribution in [0.4, 0.5) is 23.1 Å². The highest BCUT2D eigenvalue weighted by Gasteiger charge is 2.04. The van der Waals surface area contributed by atoms with E-state index >= 15 is 0 Å². The topological polar surface area (TPSA) is 59.1 Å². The molecule has 2 aromatic carbocycles. The number of halogens is 1. The molecule has 3 rings (SSSR count). The van der Waals surface area contributed by atoms with Crippen molar-refractivity contribution in [1.29, 1.82) is 0 Å². The average Bonchev–Trinajstić information content (AvgIpc) is 2.60. The molecular formula is C19H19BrN4O. The highest BCUT2D eigenvalue weighted by Crippen LogP contribution is 2.26. The molecule has 0 aliphatic rings. The zero-order valence-electron chi connectivity index (χ0n) is 14.1. The first-order valence-electron chi connectivity index (χ1n) is 8.00. The van der Waals surface area contributed by atoms with E-state index < -0.39 is 0 Å². The van der Waals surface area contributed by atoms with Crippen LogP contribution in [-0.2, 0) is 0 Å². The van der Waals surface area contributed by atoms with Crippen molar-refractivity contribution in [3.05, 3.63) is 64.8 Å². The van der Waals surface area contributed by atoms with Gasteiger partial charge in [0.1, 0.15) is 11.6 Å². The van der Waals surface area contributed by atoms with Gasteiger partial charge in [0.05, 0.1) is 12.3 Å². The standard InChI is InChI=1S/C19H19BrN4O/c1-3-25-15-7-5-14(6-8-15)22-19-21-11-10-18(24-19)23-17-9-4-13(2)12-16(17)20/h4-12H,3H2,1-2H3,(H2,21,22,23,24). The van der Waals surface area contributed by atoms with E-state index in [0.717, 1.165) is 21.6 Å². The van der Waals surface area contributed by atoms with Gasteiger partial charge in [0.15, 0.2) is 0 Å². The Morgan fingerprint density at radius 1 is 1.04 bits per heavy atom. The fraction of sp³-hybridized carbons (Fsp3) is 0.158. The van der Waals surface area contributed by atoms with Crippen molar-refractivity contribution in [2.24, 2.45) is 0 Å². The molecule has 0 amide bonds. The van der Waals surface area contributed by atoms with E-state index in [4.69, 9.17) is 4.74 Å². The van der Waals surface area contributed by atoms with Crippen LogP contribution in [0.1, 0.15) is 12.5 Å². The number of nitrogens with zero attached hydrogens (tertiary/aromatic N) is 2. The van der Waals surface area contributed by atoms with Crippen LogP contribution in [0.5, 0.6) is 5.75 Å². The summed E-state index contributed by atoms with van der Waals surface area (Å²) in [6.45, 7) is 4.67. The molecule has 0 saturated heterocycles. The number of anilines is 4. The summed E-state index contributed by atoms with van der Waals surface area (Å²) in [4.78, 5) is 8.77. The van der Waals surface area contributed by atoms with Gasteiger partial charge >= 0.3 is 0 Å². The van der Waals surface area contributed by atoms with Gasteiger partial charge in [-0.1, -0.05) is 6.07 Å². The highest BCUT2D eigenvalue weighted by atomic mass is 79.9. The summed E-state index contributed by atoms with van der Waals surface area (Å²) in [5.74, 6) is 2.08. The third kappa shape index (κ3) is 4.70. The summed E-state index contributed by atoms with van der Waals surface area (Å²) in [5, 5.41) is 6.49. The van der Waals surface area contributed by atoms with Crippen molar-refractivity contribution in [2.75, 3.05) is 17.2 Å². The van der Waals surface area contributed by atoms with E-state index in [0.29, 0.717) is 18.4 Å². The van der Waals surface area contributed by atoms with Crippen LogP contribution in [0.2, 0.25) is 0 Å². The van der Waals surface area contributed by atoms with Crippen molar-refractivity contribution < 1.29 is 4.74 Å². The maximum absolute atomic E-state index is 5.44. The molecule has 0 atom stereocenters. The first-order valence-corrected chi connectivity index (χ1v) is 8.79. The van der Waals surface area contributed by atoms with Crippen LogP contribution >= 0.6 is 15.9 Å². The Kier molecular flexibility index (Phi) is 5.50. The number of ether oxygens (including phenoxy) is 1. The zero-order valence-corrected chi connectivity index (χ0v) is 15.7. The predicted molar refractivity (Wildman–Crippen MR) is 105 cm³/mol. The lowest BCUT2D eigenvalue weighted by Crippen LogP contribution is -2.01. The van der Waals surface area contributed by atoms with Gasteiger partial charge in [-0.2, -0.15) is 4.98 Å². The number of aryl methyl sites for hydroxylation is 1. The largest absolute Gasteiger partial charge is 0.494 e. The number of rotatable bonds is 6. The lowest BCUT2D eigenvalue weighted by molar-refractivity contribution is 0.340. The number of hydrogen-bond donors (Lipinski definition) is 2. The van der Waals surface area contributed by atoms with Gasteiger partial charge in [-0.05, 0) is 77.8 Å². The van der Waals surface area contributed by atoms with Crippen molar-refractivity contribution >= 4 is 39.1 Å². The van der Waals surface area contributed by atoms with E-state index in [-0.39, 0.29) is 0 Å². The van der Waals surface area contributed by atoms with Crippen molar-refractivity contribution in [1.82, 2.24) is 9.97 Å². The molecule has 0 unspecified atom stereocenters. The Bertz CT molecular complexity index is 852. The minimum atomic E-state index is 0.525. The fourth-order valence-electron chi connectivity index (χ4n) is 2.28. The second-order valence-corrected chi connectivity index (χ2v) is 6.31. The molecule has 128 valence electrons. The Morgan fingerprint density at radius 3 is 2.56 bits per heavy atom. The number of aromatic nitrogens is 2. The summed E-state index contributed by atoms with van der Waals surface area (Å²) < 4.78 is 6.44. The van der Waals surface area contributed by atoms with Crippen LogP contribution in [0.25, 0.3) is 0 Å². The Balaban J connectivity index is 1.72. The van der Waals surface area contributed by atoms with Gasteiger partial charge in [-0.15, -0.1) is 0 Å². The second-order valence-electron chi connectivity index (χ2n) is 5.46. The molecule has 0 spiro atoms. The molecule has 1 aromatic heterocycles. The lowest BCUT2D eigenvalue weighted by Gasteiger charge is -2.10. The van der Waals surface area contributed by atoms with Crippen LogP contribution < -0.4 is 15.4 Å². The van der Waals surface area contributed by atoms with E-state index in [9.17, 15) is 0 Å². The SMILES string of the molecule is CCOc1ccc(Nc2nccc(Nc3ccc(C)cc3Br)n2)cc1. The van der Waals surface area contributed by atoms with Crippen LogP contribution in [-0.4, -0.2) is 16.6 Å². The lowest BCUT2D eigenvalue weighted by atomic mass is 10.2. The van der Waals surface area contributed by atoms with Crippen LogP contribution in [0, 0.1) is 6.92 Å². The monoisotopic (exact) mass is 398 g/mol. The van der Waals surface area contributed by atoms with Gasteiger partial charge in [-0.3, -0.25) is 0 Å². The smallest absolute Gasteiger partial charge is 0.229 e.